The van der Waals surface area contributed by atoms with Crippen LogP contribution >= 0.6 is 15.9 Å². The Morgan fingerprint density at radius 3 is 3.06 bits per heavy atom. The highest BCUT2D eigenvalue weighted by Gasteiger charge is 2.47. The van der Waals surface area contributed by atoms with Crippen molar-refractivity contribution in [2.45, 2.75) is 31.8 Å². The molecular weight excluding hydrogens is 282 g/mol. The van der Waals surface area contributed by atoms with Gasteiger partial charge in [-0.25, -0.2) is 4.98 Å². The summed E-state index contributed by atoms with van der Waals surface area (Å²) < 4.78 is 0.737. The number of pyridine rings is 1. The molecule has 2 aliphatic rings. The van der Waals surface area contributed by atoms with E-state index in [4.69, 9.17) is 0 Å². The molecule has 3 rings (SSSR count). The SMILES string of the molecule is Cc1ccc(Br)nc1NC(=O)[C@@H]1CC2CC2N1. The first-order chi connectivity index (χ1) is 8.13. The first-order valence-corrected chi connectivity index (χ1v) is 6.63. The number of carbonyl (C=O) groups excluding carboxylic acids is 1. The van der Waals surface area contributed by atoms with E-state index in [9.17, 15) is 4.79 Å². The maximum atomic E-state index is 12.0. The van der Waals surface area contributed by atoms with E-state index in [1.54, 1.807) is 0 Å². The van der Waals surface area contributed by atoms with Crippen molar-refractivity contribution >= 4 is 27.7 Å². The number of fused-ring (bicyclic) bond motifs is 1. The zero-order valence-corrected chi connectivity index (χ0v) is 11.1. The summed E-state index contributed by atoms with van der Waals surface area (Å²) in [5, 5.41) is 6.22. The number of amides is 1. The van der Waals surface area contributed by atoms with Crippen molar-refractivity contribution in [1.82, 2.24) is 10.3 Å². The van der Waals surface area contributed by atoms with Crippen molar-refractivity contribution < 1.29 is 4.79 Å². The van der Waals surface area contributed by atoms with Gasteiger partial charge >= 0.3 is 0 Å². The molecule has 2 fully saturated rings. The summed E-state index contributed by atoms with van der Waals surface area (Å²) in [6.45, 7) is 1.94. The van der Waals surface area contributed by atoms with E-state index < -0.39 is 0 Å². The van der Waals surface area contributed by atoms with Gasteiger partial charge in [-0.1, -0.05) is 6.07 Å². The van der Waals surface area contributed by atoms with Gasteiger partial charge in [-0.2, -0.15) is 0 Å². The average molecular weight is 296 g/mol. The van der Waals surface area contributed by atoms with Gasteiger partial charge in [0.15, 0.2) is 0 Å². The Hall–Kier alpha value is -0.940. The standard InChI is InChI=1S/C12H14BrN3O/c1-6-2-3-10(13)15-11(6)16-12(17)9-5-7-4-8(7)14-9/h2-3,7-9,14H,4-5H2,1H3,(H,15,16,17)/t7?,8?,9-/m0/s1. The summed E-state index contributed by atoms with van der Waals surface area (Å²) in [6, 6.07) is 4.35. The molecule has 1 aromatic heterocycles. The molecule has 0 bridgehead atoms. The quantitative estimate of drug-likeness (QED) is 0.819. The van der Waals surface area contributed by atoms with Crippen LogP contribution in [0.3, 0.4) is 0 Å². The van der Waals surface area contributed by atoms with Crippen molar-refractivity contribution in [3.05, 3.63) is 22.3 Å². The Labute approximate surface area is 108 Å². The summed E-state index contributed by atoms with van der Waals surface area (Å²) in [5.41, 5.74) is 0.977. The minimum absolute atomic E-state index is 0.0332. The largest absolute Gasteiger partial charge is 0.309 e. The fraction of sp³-hybridized carbons (Fsp3) is 0.500. The second-order valence-corrected chi connectivity index (χ2v) is 5.66. The van der Waals surface area contributed by atoms with Crippen LogP contribution in [0.5, 0.6) is 0 Å². The van der Waals surface area contributed by atoms with Gasteiger partial charge in [0, 0.05) is 6.04 Å². The molecule has 4 nitrogen and oxygen atoms in total. The minimum Gasteiger partial charge on any atom is -0.309 e. The molecule has 1 aliphatic heterocycles. The number of carbonyl (C=O) groups is 1. The second kappa shape index (κ2) is 4.07. The summed E-state index contributed by atoms with van der Waals surface area (Å²) in [4.78, 5) is 16.3. The second-order valence-electron chi connectivity index (χ2n) is 4.85. The van der Waals surface area contributed by atoms with E-state index in [0.29, 0.717) is 11.9 Å². The number of halogens is 1. The van der Waals surface area contributed by atoms with Gasteiger partial charge in [0.2, 0.25) is 5.91 Å². The normalized spacial score (nSPS) is 29.9. The van der Waals surface area contributed by atoms with E-state index in [2.05, 4.69) is 31.5 Å². The molecule has 17 heavy (non-hydrogen) atoms. The third kappa shape index (κ3) is 2.21. The van der Waals surface area contributed by atoms with E-state index in [1.165, 1.54) is 6.42 Å². The monoisotopic (exact) mass is 295 g/mol. The summed E-state index contributed by atoms with van der Waals surface area (Å²) in [6.07, 6.45) is 2.20. The van der Waals surface area contributed by atoms with Crippen molar-refractivity contribution in [3.63, 3.8) is 0 Å². The molecule has 3 atom stereocenters. The molecule has 2 N–H and O–H groups in total. The lowest BCUT2D eigenvalue weighted by molar-refractivity contribution is -0.118. The Kier molecular flexibility index (Phi) is 2.67. The highest BCUT2D eigenvalue weighted by molar-refractivity contribution is 9.10. The molecule has 0 aromatic carbocycles. The summed E-state index contributed by atoms with van der Waals surface area (Å²) >= 11 is 3.31. The van der Waals surface area contributed by atoms with Crippen LogP contribution in [0.25, 0.3) is 0 Å². The summed E-state index contributed by atoms with van der Waals surface area (Å²) in [5.74, 6) is 1.40. The zero-order valence-electron chi connectivity index (χ0n) is 9.53. The van der Waals surface area contributed by atoms with Gasteiger partial charge in [0.25, 0.3) is 0 Å². The van der Waals surface area contributed by atoms with Crippen LogP contribution in [0.2, 0.25) is 0 Å². The lowest BCUT2D eigenvalue weighted by Crippen LogP contribution is -2.38. The Morgan fingerprint density at radius 1 is 1.53 bits per heavy atom. The molecule has 1 amide bonds. The lowest BCUT2D eigenvalue weighted by Gasteiger charge is -2.14. The van der Waals surface area contributed by atoms with Gasteiger partial charge in [-0.3, -0.25) is 4.79 Å². The number of nitrogens with zero attached hydrogens (tertiary/aromatic N) is 1. The van der Waals surface area contributed by atoms with E-state index >= 15 is 0 Å². The molecule has 1 aliphatic carbocycles. The fourth-order valence-corrected chi connectivity index (χ4v) is 2.67. The molecule has 5 heteroatoms. The predicted molar refractivity (Wildman–Crippen MR) is 68.7 cm³/mol. The smallest absolute Gasteiger partial charge is 0.242 e. The number of rotatable bonds is 2. The average Bonchev–Trinajstić information content (AvgIpc) is 2.91. The van der Waals surface area contributed by atoms with Gasteiger partial charge in [0.05, 0.1) is 6.04 Å². The molecule has 1 saturated heterocycles. The minimum atomic E-state index is -0.0427. The van der Waals surface area contributed by atoms with E-state index in [1.807, 2.05) is 19.1 Å². The Morgan fingerprint density at radius 2 is 2.35 bits per heavy atom. The van der Waals surface area contributed by atoms with Crippen molar-refractivity contribution in [1.29, 1.82) is 0 Å². The van der Waals surface area contributed by atoms with Gasteiger partial charge in [-0.15, -0.1) is 0 Å². The van der Waals surface area contributed by atoms with Crippen LogP contribution in [-0.2, 0) is 4.79 Å². The lowest BCUT2D eigenvalue weighted by atomic mass is 10.1. The van der Waals surface area contributed by atoms with Crippen molar-refractivity contribution in [2.75, 3.05) is 5.32 Å². The van der Waals surface area contributed by atoms with E-state index in [-0.39, 0.29) is 11.9 Å². The van der Waals surface area contributed by atoms with E-state index in [0.717, 1.165) is 22.5 Å². The maximum Gasteiger partial charge on any atom is 0.242 e. The maximum absolute atomic E-state index is 12.0. The predicted octanol–water partition coefficient (Wildman–Crippen LogP) is 1.84. The zero-order chi connectivity index (χ0) is 12.0. The Balaban J connectivity index is 1.69. The number of piperidine rings is 1. The molecule has 90 valence electrons. The number of hydrogen-bond donors (Lipinski definition) is 2. The van der Waals surface area contributed by atoms with Crippen molar-refractivity contribution in [3.8, 4) is 0 Å². The van der Waals surface area contributed by atoms with Gasteiger partial charge in [0.1, 0.15) is 10.4 Å². The molecule has 1 saturated carbocycles. The van der Waals surface area contributed by atoms with Crippen LogP contribution < -0.4 is 10.6 Å². The topological polar surface area (TPSA) is 54.0 Å². The number of nitrogens with one attached hydrogen (secondary N) is 2. The highest BCUT2D eigenvalue weighted by atomic mass is 79.9. The van der Waals surface area contributed by atoms with Gasteiger partial charge < -0.3 is 10.6 Å². The highest BCUT2D eigenvalue weighted by Crippen LogP contribution is 2.40. The molecule has 2 heterocycles. The fourth-order valence-electron chi connectivity index (χ4n) is 2.36. The molecule has 2 unspecified atom stereocenters. The molecular formula is C12H14BrN3O. The number of anilines is 1. The third-order valence-corrected chi connectivity index (χ3v) is 3.94. The first-order valence-electron chi connectivity index (χ1n) is 5.83. The Bertz CT molecular complexity index is 467. The van der Waals surface area contributed by atoms with Crippen LogP contribution in [-0.4, -0.2) is 23.0 Å². The number of hydrogen-bond acceptors (Lipinski definition) is 3. The van der Waals surface area contributed by atoms with Crippen LogP contribution in [0.15, 0.2) is 16.7 Å². The third-order valence-electron chi connectivity index (χ3n) is 3.50. The van der Waals surface area contributed by atoms with Crippen LogP contribution in [0.1, 0.15) is 18.4 Å². The number of aromatic nitrogens is 1. The van der Waals surface area contributed by atoms with Crippen molar-refractivity contribution in [2.24, 2.45) is 5.92 Å². The molecule has 0 radical (unpaired) electrons. The number of aryl methyl sites for hydroxylation is 1. The first kappa shape index (κ1) is 11.2. The van der Waals surface area contributed by atoms with Gasteiger partial charge in [-0.05, 0) is 53.2 Å². The molecule has 0 spiro atoms. The summed E-state index contributed by atoms with van der Waals surface area (Å²) in [7, 11) is 0. The molecule has 1 aromatic rings. The van der Waals surface area contributed by atoms with Crippen LogP contribution in [0.4, 0.5) is 5.82 Å². The van der Waals surface area contributed by atoms with Crippen LogP contribution in [0, 0.1) is 12.8 Å².